The quantitative estimate of drug-likeness (QED) is 0.196. The molecule has 0 spiro atoms. The first-order valence-corrected chi connectivity index (χ1v) is 14.6. The third-order valence-electron chi connectivity index (χ3n) is 6.37. The smallest absolute Gasteiger partial charge is 0.320 e. The van der Waals surface area contributed by atoms with Crippen molar-refractivity contribution in [1.29, 1.82) is 5.41 Å². The van der Waals surface area contributed by atoms with Crippen LogP contribution in [0, 0.1) is 5.41 Å². The van der Waals surface area contributed by atoms with Crippen LogP contribution in [0.25, 0.3) is 6.08 Å². The number of anilines is 2. The summed E-state index contributed by atoms with van der Waals surface area (Å²) in [4.78, 5) is 17.7. The highest BCUT2D eigenvalue weighted by Crippen LogP contribution is 2.33. The molecule has 0 saturated carbocycles. The highest BCUT2D eigenvalue weighted by Gasteiger charge is 2.26. The van der Waals surface area contributed by atoms with Crippen molar-refractivity contribution in [2.45, 2.75) is 18.9 Å². The molecule has 1 saturated heterocycles. The lowest BCUT2D eigenvalue weighted by atomic mass is 10.1. The SMILES string of the molecule is Cl.Cl.N=C(N)c1cccc(/C=C/CN(c2ccc(OC3CCN(c4cccnc4)CC3)c(Cl)c2)S(=O)(=O)CC(=O)O)c1. The maximum Gasteiger partial charge on any atom is 0.320 e. The molecule has 0 atom stereocenters. The molecule has 1 fully saturated rings. The highest BCUT2D eigenvalue weighted by molar-refractivity contribution is 7.93. The Morgan fingerprint density at radius 1 is 1.17 bits per heavy atom. The van der Waals surface area contributed by atoms with Gasteiger partial charge in [0.05, 0.1) is 29.1 Å². The second kappa shape index (κ2) is 15.6. The van der Waals surface area contributed by atoms with Crippen molar-refractivity contribution in [2.75, 3.05) is 34.6 Å². The number of carbonyl (C=O) groups is 1. The van der Waals surface area contributed by atoms with E-state index in [-0.39, 0.29) is 54.0 Å². The number of hydrogen-bond donors (Lipinski definition) is 3. The first-order valence-electron chi connectivity index (χ1n) is 12.6. The normalized spacial score (nSPS) is 13.6. The van der Waals surface area contributed by atoms with Crippen molar-refractivity contribution in [3.63, 3.8) is 0 Å². The molecular weight excluding hydrogens is 625 g/mol. The van der Waals surface area contributed by atoms with Gasteiger partial charge in [0, 0.05) is 37.7 Å². The monoisotopic (exact) mass is 655 g/mol. The van der Waals surface area contributed by atoms with E-state index in [1.54, 1.807) is 54.7 Å². The molecule has 0 bridgehead atoms. The van der Waals surface area contributed by atoms with Crippen LogP contribution in [0.4, 0.5) is 11.4 Å². The van der Waals surface area contributed by atoms with Crippen LogP contribution in [0.2, 0.25) is 5.02 Å². The number of carboxylic acids is 1. The van der Waals surface area contributed by atoms with Crippen molar-refractivity contribution in [3.05, 3.63) is 89.2 Å². The van der Waals surface area contributed by atoms with Crippen molar-refractivity contribution >= 4 is 75.7 Å². The standard InChI is InChI=1S/C28H30ClN5O5S.2ClH/c29-25-17-22(8-9-26(25)39-24-10-14-33(15-11-24)23-7-2-12-32-18-23)34(40(37,38)19-27(35)36)13-3-5-20-4-1-6-21(16-20)28(30)31;;/h1-9,12,16-18,24H,10-11,13-15,19H2,(H3,30,31)(H,35,36);2*1H/b5-3+;;. The predicted molar refractivity (Wildman–Crippen MR) is 171 cm³/mol. The number of amidine groups is 1. The van der Waals surface area contributed by atoms with Crippen LogP contribution in [-0.4, -0.2) is 61.8 Å². The number of rotatable bonds is 11. The molecule has 0 radical (unpaired) electrons. The van der Waals surface area contributed by atoms with Gasteiger partial charge in [0.25, 0.3) is 0 Å². The number of benzene rings is 2. The fraction of sp³-hybridized carbons (Fsp3) is 0.250. The van der Waals surface area contributed by atoms with E-state index >= 15 is 0 Å². The second-order valence-electron chi connectivity index (χ2n) is 9.25. The molecule has 42 heavy (non-hydrogen) atoms. The third kappa shape index (κ3) is 9.25. The average Bonchev–Trinajstić information content (AvgIpc) is 2.92. The zero-order valence-corrected chi connectivity index (χ0v) is 25.6. The molecule has 3 aromatic rings. The van der Waals surface area contributed by atoms with Gasteiger partial charge in [-0.15, -0.1) is 24.8 Å². The number of pyridine rings is 1. The molecular formula is C28H32Cl3N5O5S. The Kier molecular flexibility index (Phi) is 12.9. The predicted octanol–water partition coefficient (Wildman–Crippen LogP) is 4.84. The molecule has 10 nitrogen and oxygen atoms in total. The number of sulfonamides is 1. The highest BCUT2D eigenvalue weighted by atomic mass is 35.5. The molecule has 4 rings (SSSR count). The number of aromatic nitrogens is 1. The second-order valence-corrected chi connectivity index (χ2v) is 11.6. The molecule has 1 aliphatic heterocycles. The van der Waals surface area contributed by atoms with Gasteiger partial charge in [0.15, 0.2) is 5.75 Å². The fourth-order valence-electron chi connectivity index (χ4n) is 4.40. The number of nitrogens with two attached hydrogens (primary N) is 1. The lowest BCUT2D eigenvalue weighted by molar-refractivity contribution is -0.134. The van der Waals surface area contributed by atoms with E-state index < -0.39 is 21.7 Å². The Balaban J connectivity index is 0.00000308. The molecule has 2 aromatic carbocycles. The van der Waals surface area contributed by atoms with Crippen LogP contribution in [0.5, 0.6) is 5.75 Å². The van der Waals surface area contributed by atoms with Gasteiger partial charge < -0.3 is 20.5 Å². The topological polar surface area (TPSA) is 150 Å². The van der Waals surface area contributed by atoms with E-state index in [0.29, 0.717) is 16.9 Å². The molecule has 1 aliphatic rings. The summed E-state index contributed by atoms with van der Waals surface area (Å²) >= 11 is 6.52. The largest absolute Gasteiger partial charge is 0.489 e. The zero-order chi connectivity index (χ0) is 28.7. The summed E-state index contributed by atoms with van der Waals surface area (Å²) in [5, 5.41) is 17.0. The summed E-state index contributed by atoms with van der Waals surface area (Å²) in [7, 11) is -4.22. The summed E-state index contributed by atoms with van der Waals surface area (Å²) in [6.45, 7) is 1.47. The average molecular weight is 657 g/mol. The minimum Gasteiger partial charge on any atom is -0.489 e. The number of hydrogen-bond acceptors (Lipinski definition) is 7. The van der Waals surface area contributed by atoms with Crippen LogP contribution in [0.1, 0.15) is 24.0 Å². The number of halogens is 3. The van der Waals surface area contributed by atoms with Gasteiger partial charge in [-0.1, -0.05) is 42.0 Å². The number of carboxylic acid groups (broad SMARTS) is 1. The summed E-state index contributed by atoms with van der Waals surface area (Å²) in [6, 6.07) is 15.4. The lowest BCUT2D eigenvalue weighted by Crippen LogP contribution is -2.38. The van der Waals surface area contributed by atoms with E-state index in [1.807, 2.05) is 18.3 Å². The number of nitrogens with one attached hydrogen (secondary N) is 1. The lowest BCUT2D eigenvalue weighted by Gasteiger charge is -2.33. The Hall–Kier alpha value is -3.51. The van der Waals surface area contributed by atoms with Crippen molar-refractivity contribution in [2.24, 2.45) is 5.73 Å². The summed E-state index contributed by atoms with van der Waals surface area (Å²) in [5.74, 6) is -2.20. The molecule has 0 aliphatic carbocycles. The van der Waals surface area contributed by atoms with Gasteiger partial charge >= 0.3 is 5.97 Å². The van der Waals surface area contributed by atoms with Gasteiger partial charge in [0.1, 0.15) is 17.7 Å². The minimum absolute atomic E-state index is 0. The van der Waals surface area contributed by atoms with Crippen LogP contribution in [-0.2, 0) is 14.8 Å². The Bertz CT molecular complexity index is 1500. The molecule has 0 unspecified atom stereocenters. The fourth-order valence-corrected chi connectivity index (χ4v) is 5.84. The molecule has 14 heteroatoms. The third-order valence-corrected chi connectivity index (χ3v) is 8.31. The Morgan fingerprint density at radius 2 is 1.90 bits per heavy atom. The van der Waals surface area contributed by atoms with E-state index in [9.17, 15) is 18.3 Å². The van der Waals surface area contributed by atoms with E-state index in [2.05, 4.69) is 9.88 Å². The molecule has 226 valence electrons. The van der Waals surface area contributed by atoms with E-state index in [4.69, 9.17) is 27.5 Å². The first kappa shape index (κ1) is 34.7. The number of ether oxygens (including phenoxy) is 1. The van der Waals surface area contributed by atoms with E-state index in [1.165, 1.54) is 6.07 Å². The number of piperidine rings is 1. The van der Waals surface area contributed by atoms with E-state index in [0.717, 1.165) is 35.9 Å². The van der Waals surface area contributed by atoms with Gasteiger partial charge in [-0.05, 0) is 42.0 Å². The Morgan fingerprint density at radius 3 is 2.52 bits per heavy atom. The number of nitrogen functional groups attached to an aromatic ring is 1. The van der Waals surface area contributed by atoms with Crippen molar-refractivity contribution in [3.8, 4) is 5.75 Å². The van der Waals surface area contributed by atoms with Crippen LogP contribution < -0.4 is 19.7 Å². The summed E-state index contributed by atoms with van der Waals surface area (Å²) < 4.78 is 33.1. The number of nitrogens with zero attached hydrogens (tertiary/aromatic N) is 3. The van der Waals surface area contributed by atoms with Gasteiger partial charge in [-0.25, -0.2) is 8.42 Å². The van der Waals surface area contributed by atoms with Crippen LogP contribution in [0.15, 0.2) is 73.1 Å². The molecule has 2 heterocycles. The van der Waals surface area contributed by atoms with Crippen molar-refractivity contribution in [1.82, 2.24) is 4.98 Å². The molecule has 0 amide bonds. The van der Waals surface area contributed by atoms with Gasteiger partial charge in [-0.3, -0.25) is 19.5 Å². The number of aliphatic carboxylic acids is 1. The van der Waals surface area contributed by atoms with Crippen LogP contribution in [0.3, 0.4) is 0 Å². The molecule has 1 aromatic heterocycles. The minimum atomic E-state index is -4.22. The van der Waals surface area contributed by atoms with Gasteiger partial charge in [-0.2, -0.15) is 0 Å². The van der Waals surface area contributed by atoms with Crippen molar-refractivity contribution < 1.29 is 23.1 Å². The zero-order valence-electron chi connectivity index (χ0n) is 22.4. The summed E-state index contributed by atoms with van der Waals surface area (Å²) in [6.07, 6.45) is 8.34. The first-order chi connectivity index (χ1) is 19.1. The van der Waals surface area contributed by atoms with Crippen LogP contribution >= 0.6 is 36.4 Å². The maximum atomic E-state index is 13.0. The Labute approximate surface area is 262 Å². The maximum absolute atomic E-state index is 13.0. The van der Waals surface area contributed by atoms with Gasteiger partial charge in [0.2, 0.25) is 10.0 Å². The summed E-state index contributed by atoms with van der Waals surface area (Å²) in [5.41, 5.74) is 8.06. The molecule has 4 N–H and O–H groups in total.